The first kappa shape index (κ1) is 12.7. The minimum absolute atomic E-state index is 0.0906. The summed E-state index contributed by atoms with van der Waals surface area (Å²) in [7, 11) is 0. The summed E-state index contributed by atoms with van der Waals surface area (Å²) in [5, 5.41) is 6.22. The van der Waals surface area contributed by atoms with Gasteiger partial charge >= 0.3 is 0 Å². The van der Waals surface area contributed by atoms with Crippen LogP contribution in [0.1, 0.15) is 33.6 Å². The van der Waals surface area contributed by atoms with Crippen LogP contribution in [0.4, 0.5) is 0 Å². The van der Waals surface area contributed by atoms with Crippen LogP contribution in [0.3, 0.4) is 0 Å². The standard InChI is InChI=1S/C11H21N5S/c1-11(2,3)14-9-13-10(17-4)12-7-16(9)15-8-5-6-8/h8,15H,5-7H2,1-4H3,(H,12,13,14). The number of nitrogens with zero attached hydrogens (tertiary/aromatic N) is 3. The first-order valence-electron chi connectivity index (χ1n) is 5.97. The lowest BCUT2D eigenvalue weighted by atomic mass is 10.1. The number of hydrogen-bond donors (Lipinski definition) is 2. The molecule has 0 aromatic rings. The van der Waals surface area contributed by atoms with E-state index in [9.17, 15) is 0 Å². The first-order valence-corrected chi connectivity index (χ1v) is 7.19. The van der Waals surface area contributed by atoms with Crippen molar-refractivity contribution in [3.05, 3.63) is 0 Å². The van der Waals surface area contributed by atoms with Crippen LogP contribution in [0.25, 0.3) is 0 Å². The van der Waals surface area contributed by atoms with E-state index >= 15 is 0 Å². The second-order valence-corrected chi connectivity index (χ2v) is 6.17. The molecule has 0 aromatic carbocycles. The Morgan fingerprint density at radius 3 is 2.71 bits per heavy atom. The van der Waals surface area contributed by atoms with Gasteiger partial charge in [-0.15, -0.1) is 0 Å². The first-order chi connectivity index (χ1) is 7.98. The maximum Gasteiger partial charge on any atom is 0.217 e. The third kappa shape index (κ3) is 3.89. The normalized spacial score (nSPS) is 23.6. The smallest absolute Gasteiger partial charge is 0.217 e. The van der Waals surface area contributed by atoms with E-state index in [0.29, 0.717) is 12.7 Å². The Morgan fingerprint density at radius 1 is 1.47 bits per heavy atom. The summed E-state index contributed by atoms with van der Waals surface area (Å²) in [6.07, 6.45) is 4.52. The van der Waals surface area contributed by atoms with Crippen LogP contribution in [0.15, 0.2) is 9.98 Å². The van der Waals surface area contributed by atoms with E-state index in [0.717, 1.165) is 11.1 Å². The molecule has 1 heterocycles. The fraction of sp³-hybridized carbons (Fsp3) is 0.818. The van der Waals surface area contributed by atoms with Crippen LogP contribution in [-0.4, -0.2) is 40.6 Å². The van der Waals surface area contributed by atoms with Gasteiger partial charge in [-0.3, -0.25) is 5.01 Å². The van der Waals surface area contributed by atoms with E-state index in [1.807, 2.05) is 11.3 Å². The van der Waals surface area contributed by atoms with Gasteiger partial charge in [-0.2, -0.15) is 0 Å². The van der Waals surface area contributed by atoms with Crippen LogP contribution in [0.5, 0.6) is 0 Å². The maximum atomic E-state index is 4.70. The van der Waals surface area contributed by atoms with Crippen LogP contribution in [-0.2, 0) is 0 Å². The maximum absolute atomic E-state index is 4.70. The second-order valence-electron chi connectivity index (χ2n) is 5.37. The van der Waals surface area contributed by atoms with Crippen LogP contribution < -0.4 is 10.7 Å². The van der Waals surface area contributed by atoms with E-state index in [1.54, 1.807) is 11.8 Å². The highest BCUT2D eigenvalue weighted by molar-refractivity contribution is 8.13. The zero-order chi connectivity index (χ0) is 12.5. The predicted molar refractivity (Wildman–Crippen MR) is 74.1 cm³/mol. The Balaban J connectivity index is 2.11. The minimum Gasteiger partial charge on any atom is -0.304 e. The third-order valence-electron chi connectivity index (χ3n) is 2.38. The quantitative estimate of drug-likeness (QED) is 0.783. The second kappa shape index (κ2) is 4.86. The van der Waals surface area contributed by atoms with E-state index < -0.39 is 0 Å². The van der Waals surface area contributed by atoms with Crippen LogP contribution in [0, 0.1) is 0 Å². The molecule has 2 rings (SSSR count). The fourth-order valence-electron chi connectivity index (χ4n) is 1.46. The molecule has 17 heavy (non-hydrogen) atoms. The highest BCUT2D eigenvalue weighted by Gasteiger charge is 2.28. The topological polar surface area (TPSA) is 52.0 Å². The summed E-state index contributed by atoms with van der Waals surface area (Å²) < 4.78 is 0. The number of rotatable bonds is 2. The van der Waals surface area contributed by atoms with E-state index in [2.05, 4.69) is 36.5 Å². The van der Waals surface area contributed by atoms with Gasteiger partial charge in [0.2, 0.25) is 5.96 Å². The molecule has 0 atom stereocenters. The molecular weight excluding hydrogens is 234 g/mol. The molecule has 0 aromatic heterocycles. The Morgan fingerprint density at radius 2 is 2.18 bits per heavy atom. The Labute approximate surface area is 107 Å². The van der Waals surface area contributed by atoms with Gasteiger partial charge < -0.3 is 5.32 Å². The van der Waals surface area contributed by atoms with E-state index in [1.165, 1.54) is 12.8 Å². The van der Waals surface area contributed by atoms with E-state index in [-0.39, 0.29) is 5.54 Å². The van der Waals surface area contributed by atoms with Crippen molar-refractivity contribution in [1.82, 2.24) is 15.8 Å². The number of thioether (sulfide) groups is 1. The summed E-state index contributed by atoms with van der Waals surface area (Å²) in [5.74, 6) is 0.878. The van der Waals surface area contributed by atoms with Crippen molar-refractivity contribution < 1.29 is 0 Å². The number of hydrogen-bond acceptors (Lipinski definition) is 4. The highest BCUT2D eigenvalue weighted by Crippen LogP contribution is 2.20. The third-order valence-corrected chi connectivity index (χ3v) is 3.00. The Hall–Kier alpha value is -0.750. The largest absolute Gasteiger partial charge is 0.304 e. The molecule has 0 amide bonds. The molecular formula is C11H21N5S. The molecule has 96 valence electrons. The molecule has 1 fully saturated rings. The molecule has 0 spiro atoms. The van der Waals surface area contributed by atoms with Gasteiger partial charge in [-0.25, -0.2) is 15.4 Å². The fourth-order valence-corrected chi connectivity index (χ4v) is 1.84. The van der Waals surface area contributed by atoms with Gasteiger partial charge in [0.15, 0.2) is 5.17 Å². The Bertz CT molecular complexity index is 340. The number of aliphatic imine (C=N–C) groups is 2. The van der Waals surface area contributed by atoms with Crippen molar-refractivity contribution in [3.8, 4) is 0 Å². The number of nitrogens with one attached hydrogen (secondary N) is 2. The number of guanidine groups is 1. The summed E-state index contributed by atoms with van der Waals surface area (Å²) in [6, 6.07) is 0.605. The molecule has 0 saturated heterocycles. The average Bonchev–Trinajstić information content (AvgIpc) is 3.02. The van der Waals surface area contributed by atoms with Crippen molar-refractivity contribution >= 4 is 22.9 Å². The summed E-state index contributed by atoms with van der Waals surface area (Å²) in [4.78, 5) is 9.15. The van der Waals surface area contributed by atoms with Gasteiger partial charge in [0.05, 0.1) is 5.54 Å². The molecule has 1 saturated carbocycles. The monoisotopic (exact) mass is 255 g/mol. The lowest BCUT2D eigenvalue weighted by Gasteiger charge is -2.31. The van der Waals surface area contributed by atoms with Crippen molar-refractivity contribution in [1.29, 1.82) is 0 Å². The molecule has 2 N–H and O–H groups in total. The summed E-state index contributed by atoms with van der Waals surface area (Å²) in [6.45, 7) is 6.93. The van der Waals surface area contributed by atoms with Gasteiger partial charge in [0.25, 0.3) is 0 Å². The number of amidine groups is 1. The molecule has 2 aliphatic rings. The molecule has 0 radical (unpaired) electrons. The van der Waals surface area contributed by atoms with E-state index in [4.69, 9.17) is 4.99 Å². The molecule has 0 bridgehead atoms. The van der Waals surface area contributed by atoms with Gasteiger partial charge in [-0.1, -0.05) is 11.8 Å². The van der Waals surface area contributed by atoms with Crippen molar-refractivity contribution in [2.45, 2.75) is 45.2 Å². The van der Waals surface area contributed by atoms with Gasteiger partial charge in [-0.05, 0) is 39.9 Å². The zero-order valence-corrected chi connectivity index (χ0v) is 11.8. The molecule has 5 nitrogen and oxygen atoms in total. The van der Waals surface area contributed by atoms with Crippen LogP contribution in [0.2, 0.25) is 0 Å². The minimum atomic E-state index is -0.0906. The lowest BCUT2D eigenvalue weighted by Crippen LogP contribution is -2.55. The average molecular weight is 255 g/mol. The molecule has 1 aliphatic carbocycles. The highest BCUT2D eigenvalue weighted by atomic mass is 32.2. The number of hydrazine groups is 1. The zero-order valence-electron chi connectivity index (χ0n) is 10.9. The lowest BCUT2D eigenvalue weighted by molar-refractivity contribution is 0.294. The van der Waals surface area contributed by atoms with Crippen molar-refractivity contribution in [2.24, 2.45) is 9.98 Å². The van der Waals surface area contributed by atoms with Crippen molar-refractivity contribution in [3.63, 3.8) is 0 Å². The summed E-state index contributed by atoms with van der Waals surface area (Å²) >= 11 is 1.62. The predicted octanol–water partition coefficient (Wildman–Crippen LogP) is 1.39. The van der Waals surface area contributed by atoms with Crippen molar-refractivity contribution in [2.75, 3.05) is 12.9 Å². The molecule has 1 aliphatic heterocycles. The SMILES string of the molecule is CSC1=NCN(NC2CC2)C(=NC(C)(C)C)N1. The van der Waals surface area contributed by atoms with Gasteiger partial charge in [0.1, 0.15) is 6.67 Å². The molecule has 6 heteroatoms. The van der Waals surface area contributed by atoms with Gasteiger partial charge in [0, 0.05) is 6.04 Å². The molecule has 0 unspecified atom stereocenters. The summed E-state index contributed by atoms with van der Waals surface area (Å²) in [5.41, 5.74) is 3.34. The Kier molecular flexibility index (Phi) is 3.63. The van der Waals surface area contributed by atoms with Crippen LogP contribution >= 0.6 is 11.8 Å².